The van der Waals surface area contributed by atoms with Crippen LogP contribution in [0.25, 0.3) is 10.6 Å². The van der Waals surface area contributed by atoms with Crippen molar-refractivity contribution in [1.29, 1.82) is 0 Å². The fourth-order valence-corrected chi connectivity index (χ4v) is 4.10. The molecule has 2 N–H and O–H groups in total. The minimum absolute atomic E-state index is 0.0424. The predicted octanol–water partition coefficient (Wildman–Crippen LogP) is 4.56. The van der Waals surface area contributed by atoms with Gasteiger partial charge in [-0.2, -0.15) is 0 Å². The Balaban J connectivity index is 1.57. The van der Waals surface area contributed by atoms with Gasteiger partial charge in [-0.05, 0) is 41.3 Å². The van der Waals surface area contributed by atoms with Crippen LogP contribution in [0.1, 0.15) is 11.6 Å². The van der Waals surface area contributed by atoms with Crippen LogP contribution in [0, 0.1) is 0 Å². The third kappa shape index (κ3) is 5.46. The number of rotatable bonds is 6. The average molecular weight is 492 g/mol. The Morgan fingerprint density at radius 3 is 2.65 bits per heavy atom. The van der Waals surface area contributed by atoms with Crippen molar-refractivity contribution in [2.45, 2.75) is 12.4 Å². The first kappa shape index (κ1) is 23.5. The second kappa shape index (κ2) is 9.69. The third-order valence-electron chi connectivity index (χ3n) is 4.87. The fourth-order valence-electron chi connectivity index (χ4n) is 3.41. The molecule has 3 aromatic rings. The first-order chi connectivity index (χ1) is 16.2. The molecule has 0 bridgehead atoms. The molecule has 8 nitrogen and oxygen atoms in total. The number of halogens is 3. The quantitative estimate of drug-likeness (QED) is 0.526. The van der Waals surface area contributed by atoms with Gasteiger partial charge in [-0.3, -0.25) is 9.69 Å². The van der Waals surface area contributed by atoms with E-state index in [1.807, 2.05) is 17.5 Å². The smallest absolute Gasteiger partial charge is 0.406 e. The number of carbonyl (C=O) groups excluding carboxylic acids is 2. The maximum absolute atomic E-state index is 13.2. The van der Waals surface area contributed by atoms with Gasteiger partial charge in [0.25, 0.3) is 0 Å². The van der Waals surface area contributed by atoms with E-state index in [2.05, 4.69) is 20.4 Å². The van der Waals surface area contributed by atoms with Crippen LogP contribution in [0.3, 0.4) is 0 Å². The highest BCUT2D eigenvalue weighted by Gasteiger charge is 2.32. The largest absolute Gasteiger partial charge is 0.573 e. The first-order valence-corrected chi connectivity index (χ1v) is 10.9. The van der Waals surface area contributed by atoms with Gasteiger partial charge in [0.05, 0.1) is 28.9 Å². The lowest BCUT2D eigenvalue weighted by Gasteiger charge is -2.30. The number of amides is 3. The van der Waals surface area contributed by atoms with E-state index in [4.69, 9.17) is 4.74 Å². The van der Waals surface area contributed by atoms with E-state index in [1.165, 1.54) is 35.5 Å². The topological polar surface area (TPSA) is 92.8 Å². The number of aromatic nitrogens is 1. The zero-order chi connectivity index (χ0) is 24.3. The average Bonchev–Trinajstić information content (AvgIpc) is 3.32. The molecule has 0 saturated heterocycles. The maximum Gasteiger partial charge on any atom is 0.573 e. The Hall–Kier alpha value is -3.64. The second-order valence-corrected chi connectivity index (χ2v) is 8.20. The van der Waals surface area contributed by atoms with Gasteiger partial charge in [0.15, 0.2) is 5.82 Å². The normalized spacial score (nSPS) is 14.2. The molecule has 0 radical (unpaired) electrons. The number of hydrogen-bond donors (Lipinski definition) is 2. The van der Waals surface area contributed by atoms with Gasteiger partial charge in [-0.25, -0.2) is 9.78 Å². The van der Waals surface area contributed by atoms with Gasteiger partial charge < -0.3 is 20.1 Å². The van der Waals surface area contributed by atoms with Gasteiger partial charge >= 0.3 is 12.4 Å². The Morgan fingerprint density at radius 1 is 1.24 bits per heavy atom. The molecule has 1 aliphatic rings. The number of thiophene rings is 1. The molecule has 1 unspecified atom stereocenters. The number of pyridine rings is 1. The molecule has 2 aromatic heterocycles. The number of methoxy groups -OCH3 is 1. The number of hydrogen-bond acceptors (Lipinski definition) is 6. The van der Waals surface area contributed by atoms with Crippen LogP contribution in [0.15, 0.2) is 53.9 Å². The van der Waals surface area contributed by atoms with Crippen LogP contribution < -0.4 is 20.3 Å². The summed E-state index contributed by atoms with van der Waals surface area (Å²) in [5.41, 5.74) is 1.53. The van der Waals surface area contributed by atoms with E-state index in [1.54, 1.807) is 12.1 Å². The summed E-state index contributed by atoms with van der Waals surface area (Å²) in [6, 6.07) is 11.0. The van der Waals surface area contributed by atoms with Crippen LogP contribution in [0.5, 0.6) is 5.75 Å². The molecule has 0 spiro atoms. The summed E-state index contributed by atoms with van der Waals surface area (Å²) in [5, 5.41) is 7.38. The molecule has 1 atom stereocenters. The lowest BCUT2D eigenvalue weighted by molar-refractivity contribution is -0.274. The number of nitrogens with zero attached hydrogens (tertiary/aromatic N) is 2. The SMILES string of the molecule is COCC(NC(=O)N1CC(=O)Nc2ccc(-c3cccs3)nc21)c1ccc(OC(F)(F)F)cc1. The van der Waals surface area contributed by atoms with Crippen molar-refractivity contribution in [2.24, 2.45) is 0 Å². The van der Waals surface area contributed by atoms with Crippen LogP contribution in [-0.2, 0) is 9.53 Å². The molecule has 1 aliphatic heterocycles. The summed E-state index contributed by atoms with van der Waals surface area (Å²) in [6.07, 6.45) is -4.81. The summed E-state index contributed by atoms with van der Waals surface area (Å²) in [4.78, 5) is 32.1. The molecule has 1 aromatic carbocycles. The van der Waals surface area contributed by atoms with Crippen molar-refractivity contribution in [3.63, 3.8) is 0 Å². The highest BCUT2D eigenvalue weighted by atomic mass is 32.1. The van der Waals surface area contributed by atoms with Gasteiger partial charge in [-0.15, -0.1) is 24.5 Å². The summed E-state index contributed by atoms with van der Waals surface area (Å²) in [6.45, 7) is -0.210. The molecule has 34 heavy (non-hydrogen) atoms. The molecule has 3 heterocycles. The zero-order valence-corrected chi connectivity index (χ0v) is 18.6. The van der Waals surface area contributed by atoms with Crippen molar-refractivity contribution in [3.8, 4) is 16.3 Å². The van der Waals surface area contributed by atoms with E-state index < -0.39 is 18.4 Å². The van der Waals surface area contributed by atoms with E-state index in [0.717, 1.165) is 17.0 Å². The van der Waals surface area contributed by atoms with E-state index in [9.17, 15) is 22.8 Å². The number of nitrogens with one attached hydrogen (secondary N) is 2. The molecule has 3 amide bonds. The summed E-state index contributed by atoms with van der Waals surface area (Å²) in [5.74, 6) is -0.482. The third-order valence-corrected chi connectivity index (χ3v) is 5.76. The van der Waals surface area contributed by atoms with Gasteiger partial charge in [0, 0.05) is 7.11 Å². The van der Waals surface area contributed by atoms with Crippen LogP contribution in [-0.4, -0.2) is 43.5 Å². The Labute approximate surface area is 196 Å². The minimum atomic E-state index is -4.81. The number of anilines is 2. The number of ether oxygens (including phenoxy) is 2. The number of urea groups is 1. The first-order valence-electron chi connectivity index (χ1n) is 10.0. The highest BCUT2D eigenvalue weighted by molar-refractivity contribution is 7.13. The van der Waals surface area contributed by atoms with Crippen LogP contribution in [0.2, 0.25) is 0 Å². The maximum atomic E-state index is 13.2. The summed E-state index contributed by atoms with van der Waals surface area (Å²) >= 11 is 1.49. The molecule has 0 saturated carbocycles. The van der Waals surface area contributed by atoms with Crippen molar-refractivity contribution >= 4 is 34.8 Å². The summed E-state index contributed by atoms with van der Waals surface area (Å²) < 4.78 is 46.3. The monoisotopic (exact) mass is 492 g/mol. The van der Waals surface area contributed by atoms with E-state index >= 15 is 0 Å². The fraction of sp³-hybridized carbons (Fsp3) is 0.227. The molecular formula is C22H19F3N4O4S. The number of benzene rings is 1. The zero-order valence-electron chi connectivity index (χ0n) is 17.8. The predicted molar refractivity (Wildman–Crippen MR) is 120 cm³/mol. The molecule has 178 valence electrons. The van der Waals surface area contributed by atoms with Gasteiger partial charge in [0.1, 0.15) is 12.3 Å². The van der Waals surface area contributed by atoms with Crippen LogP contribution >= 0.6 is 11.3 Å². The molecular weight excluding hydrogens is 473 g/mol. The molecule has 12 heteroatoms. The van der Waals surface area contributed by atoms with Crippen molar-refractivity contribution in [3.05, 3.63) is 59.5 Å². The Morgan fingerprint density at radius 2 is 2.00 bits per heavy atom. The standard InChI is InChI=1S/C22H19F3N4O4S/c1-32-12-17(13-4-6-14(7-5-13)33-22(23,24)25)28-21(31)29-11-19(30)26-16-9-8-15(27-20(16)29)18-3-2-10-34-18/h2-10,17H,11-12H2,1H3,(H,26,30)(H,28,31). The molecule has 0 fully saturated rings. The van der Waals surface area contributed by atoms with Gasteiger partial charge in [0.2, 0.25) is 5.91 Å². The Bertz CT molecular complexity index is 1170. The lowest BCUT2D eigenvalue weighted by atomic mass is 10.1. The van der Waals surface area contributed by atoms with Gasteiger partial charge in [-0.1, -0.05) is 18.2 Å². The van der Waals surface area contributed by atoms with Crippen molar-refractivity contribution < 1.29 is 32.2 Å². The summed E-state index contributed by atoms with van der Waals surface area (Å²) in [7, 11) is 1.43. The number of alkyl halides is 3. The number of fused-ring (bicyclic) bond motifs is 1. The Kier molecular flexibility index (Phi) is 6.70. The van der Waals surface area contributed by atoms with E-state index in [-0.39, 0.29) is 30.6 Å². The van der Waals surface area contributed by atoms with Crippen molar-refractivity contribution in [1.82, 2.24) is 10.3 Å². The molecule has 0 aliphatic carbocycles. The minimum Gasteiger partial charge on any atom is -0.406 e. The highest BCUT2D eigenvalue weighted by Crippen LogP contribution is 2.33. The van der Waals surface area contributed by atoms with E-state index in [0.29, 0.717) is 16.9 Å². The van der Waals surface area contributed by atoms with Crippen LogP contribution in [0.4, 0.5) is 29.5 Å². The lowest BCUT2D eigenvalue weighted by Crippen LogP contribution is -2.49. The molecule has 4 rings (SSSR count). The second-order valence-electron chi connectivity index (χ2n) is 7.25. The van der Waals surface area contributed by atoms with Crippen molar-refractivity contribution in [2.75, 3.05) is 30.5 Å². The number of carbonyl (C=O) groups is 2.